The molecule has 1 heteroatoms. The first kappa shape index (κ1) is 16.5. The van der Waals surface area contributed by atoms with Gasteiger partial charge in [-0.1, -0.05) is 51.0 Å². The van der Waals surface area contributed by atoms with E-state index in [0.717, 1.165) is 5.92 Å². The molecule has 0 spiro atoms. The molecule has 1 nitrogen and oxygen atoms in total. The molecule has 1 saturated carbocycles. The molecule has 1 aromatic rings. The summed E-state index contributed by atoms with van der Waals surface area (Å²) in [5.41, 5.74) is 3.64. The fourth-order valence-electron chi connectivity index (χ4n) is 3.86. The Bertz CT molecular complexity index is 398. The van der Waals surface area contributed by atoms with Gasteiger partial charge in [-0.3, -0.25) is 0 Å². The third kappa shape index (κ3) is 5.14. The molecule has 21 heavy (non-hydrogen) atoms. The normalized spacial score (nSPS) is 17.5. The molecule has 0 aromatic heterocycles. The minimum absolute atomic E-state index is 0.625. The number of hydrogen-bond acceptors (Lipinski definition) is 1. The lowest BCUT2D eigenvalue weighted by Crippen LogP contribution is -2.23. The molecular weight excluding hydrogens is 254 g/mol. The molecule has 1 aliphatic rings. The SMILES string of the molecule is CNCCC1(CCc2ccc(CC(C)C)cc2)CCCC1. The van der Waals surface area contributed by atoms with Crippen LogP contribution >= 0.6 is 0 Å². The van der Waals surface area contributed by atoms with E-state index in [-0.39, 0.29) is 0 Å². The van der Waals surface area contributed by atoms with Crippen LogP contribution < -0.4 is 5.32 Å². The Morgan fingerprint density at radius 3 is 2.19 bits per heavy atom. The maximum absolute atomic E-state index is 3.34. The van der Waals surface area contributed by atoms with E-state index in [0.29, 0.717) is 5.41 Å². The van der Waals surface area contributed by atoms with Gasteiger partial charge in [-0.15, -0.1) is 0 Å². The Hall–Kier alpha value is -0.820. The molecule has 0 atom stereocenters. The number of aryl methyl sites for hydroxylation is 1. The lowest BCUT2D eigenvalue weighted by atomic mass is 9.77. The average Bonchev–Trinajstić information content (AvgIpc) is 2.93. The van der Waals surface area contributed by atoms with Gasteiger partial charge in [0.25, 0.3) is 0 Å². The lowest BCUT2D eigenvalue weighted by molar-refractivity contribution is 0.247. The van der Waals surface area contributed by atoms with E-state index in [9.17, 15) is 0 Å². The fourth-order valence-corrected chi connectivity index (χ4v) is 3.86. The second-order valence-corrected chi connectivity index (χ2v) is 7.48. The predicted octanol–water partition coefficient (Wildman–Crippen LogP) is 4.99. The summed E-state index contributed by atoms with van der Waals surface area (Å²) in [5, 5.41) is 3.34. The molecule has 2 rings (SSSR count). The van der Waals surface area contributed by atoms with E-state index < -0.39 is 0 Å². The van der Waals surface area contributed by atoms with Crippen molar-refractivity contribution in [3.8, 4) is 0 Å². The van der Waals surface area contributed by atoms with Crippen LogP contribution in [-0.2, 0) is 12.8 Å². The second-order valence-electron chi connectivity index (χ2n) is 7.48. The van der Waals surface area contributed by atoms with Gasteiger partial charge in [-0.05, 0) is 74.6 Å². The van der Waals surface area contributed by atoms with Gasteiger partial charge in [-0.2, -0.15) is 0 Å². The summed E-state index contributed by atoms with van der Waals surface area (Å²) < 4.78 is 0. The zero-order valence-electron chi connectivity index (χ0n) is 14.3. The summed E-state index contributed by atoms with van der Waals surface area (Å²) in [7, 11) is 2.08. The van der Waals surface area contributed by atoms with Gasteiger partial charge in [0.05, 0.1) is 0 Å². The number of hydrogen-bond donors (Lipinski definition) is 1. The summed E-state index contributed by atoms with van der Waals surface area (Å²) in [5.74, 6) is 0.749. The van der Waals surface area contributed by atoms with Crippen molar-refractivity contribution in [3.05, 3.63) is 35.4 Å². The molecule has 0 radical (unpaired) electrons. The summed E-state index contributed by atoms with van der Waals surface area (Å²) in [6, 6.07) is 9.39. The highest BCUT2D eigenvalue weighted by Crippen LogP contribution is 2.44. The first-order valence-electron chi connectivity index (χ1n) is 8.86. The molecule has 1 aliphatic carbocycles. The highest BCUT2D eigenvalue weighted by atomic mass is 14.8. The zero-order chi connectivity index (χ0) is 15.1. The van der Waals surface area contributed by atoms with Crippen LogP contribution in [0.1, 0.15) is 63.5 Å². The molecule has 1 fully saturated rings. The van der Waals surface area contributed by atoms with Gasteiger partial charge in [0.15, 0.2) is 0 Å². The quantitative estimate of drug-likeness (QED) is 0.710. The Morgan fingerprint density at radius 1 is 1.00 bits per heavy atom. The van der Waals surface area contributed by atoms with Gasteiger partial charge in [-0.25, -0.2) is 0 Å². The third-order valence-corrected chi connectivity index (χ3v) is 5.18. The van der Waals surface area contributed by atoms with Crippen LogP contribution in [0.5, 0.6) is 0 Å². The van der Waals surface area contributed by atoms with Crippen LogP contribution in [0.2, 0.25) is 0 Å². The minimum Gasteiger partial charge on any atom is -0.320 e. The van der Waals surface area contributed by atoms with Crippen molar-refractivity contribution in [2.75, 3.05) is 13.6 Å². The van der Waals surface area contributed by atoms with Crippen LogP contribution in [-0.4, -0.2) is 13.6 Å². The molecule has 0 aliphatic heterocycles. The average molecular weight is 287 g/mol. The molecule has 0 unspecified atom stereocenters. The standard InChI is InChI=1S/C20H33N/c1-17(2)16-19-8-6-18(7-9-19)10-13-20(14-15-21-3)11-4-5-12-20/h6-9,17,21H,4-5,10-16H2,1-3H3. The molecule has 0 amide bonds. The Balaban J connectivity index is 1.88. The molecule has 1 aromatic carbocycles. The van der Waals surface area contributed by atoms with Gasteiger partial charge in [0, 0.05) is 0 Å². The third-order valence-electron chi connectivity index (χ3n) is 5.18. The van der Waals surface area contributed by atoms with E-state index in [4.69, 9.17) is 0 Å². The predicted molar refractivity (Wildman–Crippen MR) is 92.7 cm³/mol. The lowest BCUT2D eigenvalue weighted by Gasteiger charge is -2.29. The Labute approximate surface area is 131 Å². The van der Waals surface area contributed by atoms with E-state index in [1.807, 2.05) is 0 Å². The Kier molecular flexibility index (Phi) is 6.29. The summed E-state index contributed by atoms with van der Waals surface area (Å²) in [6.07, 6.45) is 11.0. The smallest absolute Gasteiger partial charge is 0.00466 e. The van der Waals surface area contributed by atoms with Crippen LogP contribution in [0.4, 0.5) is 0 Å². The summed E-state index contributed by atoms with van der Waals surface area (Å²) >= 11 is 0. The van der Waals surface area contributed by atoms with Crippen molar-refractivity contribution in [1.82, 2.24) is 5.32 Å². The van der Waals surface area contributed by atoms with Crippen LogP contribution in [0, 0.1) is 11.3 Å². The monoisotopic (exact) mass is 287 g/mol. The van der Waals surface area contributed by atoms with E-state index in [1.165, 1.54) is 69.0 Å². The molecule has 118 valence electrons. The second kappa shape index (κ2) is 7.98. The fraction of sp³-hybridized carbons (Fsp3) is 0.700. The van der Waals surface area contributed by atoms with E-state index in [2.05, 4.69) is 50.5 Å². The van der Waals surface area contributed by atoms with Crippen molar-refractivity contribution in [1.29, 1.82) is 0 Å². The van der Waals surface area contributed by atoms with Crippen LogP contribution in [0.25, 0.3) is 0 Å². The number of nitrogens with one attached hydrogen (secondary N) is 1. The molecule has 1 N–H and O–H groups in total. The zero-order valence-corrected chi connectivity index (χ0v) is 14.3. The van der Waals surface area contributed by atoms with Gasteiger partial charge in [0.2, 0.25) is 0 Å². The highest BCUT2D eigenvalue weighted by molar-refractivity contribution is 5.23. The maximum atomic E-state index is 3.34. The van der Waals surface area contributed by atoms with Crippen molar-refractivity contribution >= 4 is 0 Å². The number of rotatable bonds is 8. The van der Waals surface area contributed by atoms with Crippen molar-refractivity contribution in [2.45, 2.75) is 65.2 Å². The van der Waals surface area contributed by atoms with E-state index >= 15 is 0 Å². The van der Waals surface area contributed by atoms with Gasteiger partial charge in [0.1, 0.15) is 0 Å². The molecule has 0 heterocycles. The topological polar surface area (TPSA) is 12.0 Å². The van der Waals surface area contributed by atoms with Crippen LogP contribution in [0.3, 0.4) is 0 Å². The highest BCUT2D eigenvalue weighted by Gasteiger charge is 2.32. The van der Waals surface area contributed by atoms with Crippen molar-refractivity contribution in [3.63, 3.8) is 0 Å². The van der Waals surface area contributed by atoms with E-state index in [1.54, 1.807) is 0 Å². The maximum Gasteiger partial charge on any atom is -0.00466 e. The minimum atomic E-state index is 0.625. The first-order chi connectivity index (χ1) is 10.1. The van der Waals surface area contributed by atoms with Crippen molar-refractivity contribution in [2.24, 2.45) is 11.3 Å². The first-order valence-corrected chi connectivity index (χ1v) is 8.86. The van der Waals surface area contributed by atoms with Crippen molar-refractivity contribution < 1.29 is 0 Å². The number of benzene rings is 1. The summed E-state index contributed by atoms with van der Waals surface area (Å²) in [6.45, 7) is 5.76. The summed E-state index contributed by atoms with van der Waals surface area (Å²) in [4.78, 5) is 0. The van der Waals surface area contributed by atoms with Gasteiger partial charge < -0.3 is 5.32 Å². The largest absolute Gasteiger partial charge is 0.320 e. The van der Waals surface area contributed by atoms with Crippen LogP contribution in [0.15, 0.2) is 24.3 Å². The molecule has 0 bridgehead atoms. The Morgan fingerprint density at radius 2 is 1.62 bits per heavy atom. The van der Waals surface area contributed by atoms with Gasteiger partial charge >= 0.3 is 0 Å². The molecular formula is C20H33N. The molecule has 0 saturated heterocycles.